The van der Waals surface area contributed by atoms with E-state index in [2.05, 4.69) is 13.2 Å². The Labute approximate surface area is 90.8 Å². The van der Waals surface area contributed by atoms with Gasteiger partial charge in [0, 0.05) is 0 Å². The molecule has 0 radical (unpaired) electrons. The lowest BCUT2D eigenvalue weighted by Crippen LogP contribution is -2.01. The van der Waals surface area contributed by atoms with Crippen LogP contribution in [0.1, 0.15) is 11.7 Å². The number of methoxy groups -OCH3 is 1. The minimum absolute atomic E-state index is 0.113. The van der Waals surface area contributed by atoms with Gasteiger partial charge in [0.2, 0.25) is 0 Å². The summed E-state index contributed by atoms with van der Waals surface area (Å²) in [5, 5.41) is 0. The smallest absolute Gasteiger partial charge is 0.119 e. The Kier molecular flexibility index (Phi) is 4.64. The predicted octanol–water partition coefficient (Wildman–Crippen LogP) is 3.12. The van der Waals surface area contributed by atoms with Gasteiger partial charge in [0.15, 0.2) is 0 Å². The summed E-state index contributed by atoms with van der Waals surface area (Å²) in [6.45, 7) is 7.86. The predicted molar refractivity (Wildman–Crippen MR) is 62.1 cm³/mol. The van der Waals surface area contributed by atoms with Gasteiger partial charge in [0.05, 0.1) is 13.7 Å². The zero-order valence-corrected chi connectivity index (χ0v) is 8.98. The molecule has 0 saturated carbocycles. The third-order valence-electron chi connectivity index (χ3n) is 2.03. The fraction of sp³-hybridized carbons (Fsp3) is 0.231. The Bertz CT molecular complexity index is 331. The van der Waals surface area contributed by atoms with Gasteiger partial charge in [-0.25, -0.2) is 0 Å². The van der Waals surface area contributed by atoms with Crippen LogP contribution in [0.25, 0.3) is 0 Å². The van der Waals surface area contributed by atoms with Gasteiger partial charge in [0.25, 0.3) is 0 Å². The van der Waals surface area contributed by atoms with Crippen LogP contribution in [0.5, 0.6) is 5.75 Å². The normalized spacial score (nSPS) is 11.8. The summed E-state index contributed by atoms with van der Waals surface area (Å²) in [6, 6.07) is 7.76. The molecule has 1 aromatic carbocycles. The summed E-state index contributed by atoms with van der Waals surface area (Å²) in [6.07, 6.45) is 3.37. The Morgan fingerprint density at radius 1 is 1.40 bits per heavy atom. The second kappa shape index (κ2) is 6.04. The number of rotatable bonds is 6. The molecule has 0 aliphatic heterocycles. The van der Waals surface area contributed by atoms with Crippen LogP contribution < -0.4 is 4.74 Å². The average Bonchev–Trinajstić information content (AvgIpc) is 2.30. The molecule has 0 aliphatic carbocycles. The van der Waals surface area contributed by atoms with Crippen molar-refractivity contribution in [3.05, 3.63) is 55.1 Å². The van der Waals surface area contributed by atoms with Crippen molar-refractivity contribution in [1.29, 1.82) is 0 Å². The van der Waals surface area contributed by atoms with Gasteiger partial charge in [-0.05, 0) is 17.7 Å². The van der Waals surface area contributed by atoms with Crippen LogP contribution in [-0.4, -0.2) is 13.7 Å². The van der Waals surface area contributed by atoms with Crippen LogP contribution in [0.15, 0.2) is 49.6 Å². The lowest BCUT2D eigenvalue weighted by molar-refractivity contribution is 0.110. The number of hydrogen-bond acceptors (Lipinski definition) is 2. The Morgan fingerprint density at radius 2 is 2.20 bits per heavy atom. The first kappa shape index (κ1) is 11.5. The van der Waals surface area contributed by atoms with Crippen LogP contribution >= 0.6 is 0 Å². The van der Waals surface area contributed by atoms with E-state index >= 15 is 0 Å². The molecule has 0 amide bonds. The lowest BCUT2D eigenvalue weighted by Gasteiger charge is -2.13. The van der Waals surface area contributed by atoms with E-state index in [0.29, 0.717) is 6.61 Å². The fourth-order valence-corrected chi connectivity index (χ4v) is 1.29. The van der Waals surface area contributed by atoms with E-state index in [1.165, 1.54) is 0 Å². The molecule has 1 rings (SSSR count). The molecule has 2 heteroatoms. The van der Waals surface area contributed by atoms with Crippen molar-refractivity contribution < 1.29 is 9.47 Å². The maximum Gasteiger partial charge on any atom is 0.119 e. The molecule has 0 saturated heterocycles. The number of hydrogen-bond donors (Lipinski definition) is 0. The first-order chi connectivity index (χ1) is 7.31. The summed E-state index contributed by atoms with van der Waals surface area (Å²) in [4.78, 5) is 0. The van der Waals surface area contributed by atoms with E-state index in [-0.39, 0.29) is 6.10 Å². The van der Waals surface area contributed by atoms with Crippen molar-refractivity contribution in [3.8, 4) is 5.75 Å². The lowest BCUT2D eigenvalue weighted by atomic mass is 10.1. The summed E-state index contributed by atoms with van der Waals surface area (Å²) < 4.78 is 10.7. The zero-order valence-electron chi connectivity index (χ0n) is 8.98. The second-order valence-electron chi connectivity index (χ2n) is 3.05. The summed E-state index contributed by atoms with van der Waals surface area (Å²) in [5.74, 6) is 0.821. The highest BCUT2D eigenvalue weighted by Gasteiger charge is 2.07. The standard InChI is InChI=1S/C13H16O2/c1-4-9-15-13(5-2)11-7-6-8-12(10-11)14-3/h4-8,10,13H,1-2,9H2,3H3. The first-order valence-electron chi connectivity index (χ1n) is 4.80. The molecular weight excluding hydrogens is 188 g/mol. The Balaban J connectivity index is 2.80. The van der Waals surface area contributed by atoms with Crippen LogP contribution in [0, 0.1) is 0 Å². The van der Waals surface area contributed by atoms with Gasteiger partial charge >= 0.3 is 0 Å². The monoisotopic (exact) mass is 204 g/mol. The molecule has 15 heavy (non-hydrogen) atoms. The van der Waals surface area contributed by atoms with Gasteiger partial charge in [-0.3, -0.25) is 0 Å². The summed E-state index contributed by atoms with van der Waals surface area (Å²) in [5.41, 5.74) is 1.03. The van der Waals surface area contributed by atoms with E-state index in [9.17, 15) is 0 Å². The largest absolute Gasteiger partial charge is 0.497 e. The maximum absolute atomic E-state index is 5.53. The van der Waals surface area contributed by atoms with Crippen molar-refractivity contribution in [2.45, 2.75) is 6.10 Å². The van der Waals surface area contributed by atoms with Gasteiger partial charge in [-0.15, -0.1) is 13.2 Å². The highest BCUT2D eigenvalue weighted by atomic mass is 16.5. The Morgan fingerprint density at radius 3 is 2.80 bits per heavy atom. The molecule has 0 heterocycles. The molecule has 1 atom stereocenters. The highest BCUT2D eigenvalue weighted by molar-refractivity contribution is 5.31. The zero-order chi connectivity index (χ0) is 11.1. The number of benzene rings is 1. The molecule has 1 aromatic rings. The van der Waals surface area contributed by atoms with Gasteiger partial charge < -0.3 is 9.47 Å². The average molecular weight is 204 g/mol. The van der Waals surface area contributed by atoms with Crippen LogP contribution in [0.4, 0.5) is 0 Å². The molecule has 2 nitrogen and oxygen atoms in total. The first-order valence-corrected chi connectivity index (χ1v) is 4.80. The Hall–Kier alpha value is -1.54. The second-order valence-corrected chi connectivity index (χ2v) is 3.05. The van der Waals surface area contributed by atoms with E-state index in [1.54, 1.807) is 19.3 Å². The quantitative estimate of drug-likeness (QED) is 0.663. The molecule has 0 bridgehead atoms. The highest BCUT2D eigenvalue weighted by Crippen LogP contribution is 2.22. The SMILES string of the molecule is C=CCOC(C=C)c1cccc(OC)c1. The van der Waals surface area contributed by atoms with Crippen molar-refractivity contribution in [2.75, 3.05) is 13.7 Å². The minimum Gasteiger partial charge on any atom is -0.497 e. The van der Waals surface area contributed by atoms with E-state index in [1.807, 2.05) is 24.3 Å². The molecule has 0 aromatic heterocycles. The van der Waals surface area contributed by atoms with Crippen molar-refractivity contribution in [1.82, 2.24) is 0 Å². The van der Waals surface area contributed by atoms with E-state index in [0.717, 1.165) is 11.3 Å². The molecule has 1 unspecified atom stereocenters. The van der Waals surface area contributed by atoms with Crippen LogP contribution in [-0.2, 0) is 4.74 Å². The van der Waals surface area contributed by atoms with Crippen LogP contribution in [0.3, 0.4) is 0 Å². The molecule has 80 valence electrons. The molecule has 0 spiro atoms. The summed E-state index contributed by atoms with van der Waals surface area (Å²) >= 11 is 0. The van der Waals surface area contributed by atoms with E-state index in [4.69, 9.17) is 9.47 Å². The van der Waals surface area contributed by atoms with Crippen molar-refractivity contribution in [2.24, 2.45) is 0 Å². The van der Waals surface area contributed by atoms with E-state index < -0.39 is 0 Å². The van der Waals surface area contributed by atoms with Crippen molar-refractivity contribution >= 4 is 0 Å². The molecule has 0 fully saturated rings. The molecule has 0 N–H and O–H groups in total. The fourth-order valence-electron chi connectivity index (χ4n) is 1.29. The van der Waals surface area contributed by atoms with Gasteiger partial charge in [-0.2, -0.15) is 0 Å². The third kappa shape index (κ3) is 3.26. The van der Waals surface area contributed by atoms with Crippen LogP contribution in [0.2, 0.25) is 0 Å². The topological polar surface area (TPSA) is 18.5 Å². The van der Waals surface area contributed by atoms with Gasteiger partial charge in [0.1, 0.15) is 11.9 Å². The number of ether oxygens (including phenoxy) is 2. The van der Waals surface area contributed by atoms with Gasteiger partial charge in [-0.1, -0.05) is 24.3 Å². The van der Waals surface area contributed by atoms with Crippen molar-refractivity contribution in [3.63, 3.8) is 0 Å². The third-order valence-corrected chi connectivity index (χ3v) is 2.03. The maximum atomic E-state index is 5.53. The minimum atomic E-state index is -0.113. The summed E-state index contributed by atoms with van der Waals surface area (Å²) in [7, 11) is 1.65. The molecular formula is C13H16O2. The molecule has 0 aliphatic rings.